The summed E-state index contributed by atoms with van der Waals surface area (Å²) in [5, 5.41) is 8.77. The highest BCUT2D eigenvalue weighted by Gasteiger charge is 2.11. The van der Waals surface area contributed by atoms with Gasteiger partial charge in [-0.1, -0.05) is 25.7 Å². The normalized spacial score (nSPS) is 20.8. The number of hydrogen-bond donors (Lipinski definition) is 1. The lowest BCUT2D eigenvalue weighted by atomic mass is 10.1. The summed E-state index contributed by atoms with van der Waals surface area (Å²) in [7, 11) is 0. The van der Waals surface area contributed by atoms with Crippen LogP contribution in [0.5, 0.6) is 0 Å². The van der Waals surface area contributed by atoms with Gasteiger partial charge in [0.1, 0.15) is 0 Å². The Morgan fingerprint density at radius 1 is 0.917 bits per heavy atom. The third kappa shape index (κ3) is 3.11. The van der Waals surface area contributed by atoms with Gasteiger partial charge in [-0.05, 0) is 12.8 Å². The van der Waals surface area contributed by atoms with E-state index in [0.717, 1.165) is 25.9 Å². The van der Waals surface area contributed by atoms with Gasteiger partial charge in [0.15, 0.2) is 0 Å². The lowest BCUT2D eigenvalue weighted by molar-refractivity contribution is 0.144. The molecule has 70 valence electrons. The Balaban J connectivity index is 2.33. The maximum absolute atomic E-state index is 10.7. The van der Waals surface area contributed by atoms with Gasteiger partial charge in [-0.2, -0.15) is 0 Å². The molecule has 1 aliphatic rings. The van der Waals surface area contributed by atoms with Crippen LogP contribution < -0.4 is 0 Å². The second-order valence-corrected chi connectivity index (χ2v) is 3.39. The number of carboxylic acid groups (broad SMARTS) is 1. The summed E-state index contributed by atoms with van der Waals surface area (Å²) in [4.78, 5) is 12.2. The number of amides is 1. The number of hydrogen-bond acceptors (Lipinski definition) is 1. The number of carbonyl (C=O) groups is 1. The smallest absolute Gasteiger partial charge is 0.407 e. The van der Waals surface area contributed by atoms with Crippen molar-refractivity contribution in [1.29, 1.82) is 0 Å². The van der Waals surface area contributed by atoms with Crippen LogP contribution in [-0.4, -0.2) is 29.2 Å². The first kappa shape index (κ1) is 9.36. The molecule has 1 fully saturated rings. The van der Waals surface area contributed by atoms with Gasteiger partial charge >= 0.3 is 6.09 Å². The van der Waals surface area contributed by atoms with Gasteiger partial charge < -0.3 is 10.0 Å². The first-order valence-corrected chi connectivity index (χ1v) is 4.78. The van der Waals surface area contributed by atoms with Crippen molar-refractivity contribution in [2.45, 2.75) is 38.5 Å². The maximum atomic E-state index is 10.7. The van der Waals surface area contributed by atoms with Gasteiger partial charge in [0.25, 0.3) is 0 Å². The average molecular weight is 171 g/mol. The Bertz CT molecular complexity index is 137. The van der Waals surface area contributed by atoms with Gasteiger partial charge in [-0.25, -0.2) is 4.79 Å². The van der Waals surface area contributed by atoms with E-state index in [0.29, 0.717) is 0 Å². The molecule has 0 radical (unpaired) electrons. The maximum Gasteiger partial charge on any atom is 0.407 e. The van der Waals surface area contributed by atoms with Crippen molar-refractivity contribution < 1.29 is 9.90 Å². The molecule has 1 aliphatic heterocycles. The van der Waals surface area contributed by atoms with E-state index < -0.39 is 6.09 Å². The topological polar surface area (TPSA) is 40.5 Å². The molecular formula is C9H17NO2. The highest BCUT2D eigenvalue weighted by Crippen LogP contribution is 2.10. The van der Waals surface area contributed by atoms with Crippen LogP contribution in [0.3, 0.4) is 0 Å². The molecule has 1 amide bonds. The van der Waals surface area contributed by atoms with Gasteiger partial charge in [-0.3, -0.25) is 0 Å². The summed E-state index contributed by atoms with van der Waals surface area (Å²) in [6.45, 7) is 1.46. The number of rotatable bonds is 0. The van der Waals surface area contributed by atoms with Crippen molar-refractivity contribution in [1.82, 2.24) is 4.90 Å². The standard InChI is InChI=1S/C9H17NO2/c11-9(12)10-7-5-3-1-2-4-6-8-10/h1-8H2,(H,11,12). The van der Waals surface area contributed by atoms with E-state index in [2.05, 4.69) is 0 Å². The minimum absolute atomic E-state index is 0.731. The van der Waals surface area contributed by atoms with Crippen LogP contribution in [0.2, 0.25) is 0 Å². The fraction of sp³-hybridized carbons (Fsp3) is 0.889. The molecule has 1 rings (SSSR count). The first-order chi connectivity index (χ1) is 5.80. The van der Waals surface area contributed by atoms with E-state index in [-0.39, 0.29) is 0 Å². The number of nitrogens with zero attached hydrogens (tertiary/aromatic N) is 1. The third-order valence-electron chi connectivity index (χ3n) is 2.38. The zero-order valence-electron chi connectivity index (χ0n) is 7.46. The van der Waals surface area contributed by atoms with Crippen LogP contribution in [0.25, 0.3) is 0 Å². The van der Waals surface area contributed by atoms with E-state index >= 15 is 0 Å². The van der Waals surface area contributed by atoms with Crippen molar-refractivity contribution >= 4 is 6.09 Å². The molecule has 0 aromatic heterocycles. The monoisotopic (exact) mass is 171 g/mol. The fourth-order valence-corrected chi connectivity index (χ4v) is 1.62. The quantitative estimate of drug-likeness (QED) is 0.607. The molecule has 1 saturated heterocycles. The summed E-state index contributed by atoms with van der Waals surface area (Å²) in [6.07, 6.45) is 6.23. The molecule has 1 heterocycles. The SMILES string of the molecule is O=C(O)N1CCCCCCCC1. The van der Waals surface area contributed by atoms with Gasteiger partial charge in [-0.15, -0.1) is 0 Å². The minimum Gasteiger partial charge on any atom is -0.465 e. The highest BCUT2D eigenvalue weighted by molar-refractivity contribution is 5.64. The van der Waals surface area contributed by atoms with E-state index in [1.807, 2.05) is 0 Å². The summed E-state index contributed by atoms with van der Waals surface area (Å²) < 4.78 is 0. The Hall–Kier alpha value is -0.730. The molecular weight excluding hydrogens is 154 g/mol. The zero-order valence-corrected chi connectivity index (χ0v) is 7.46. The summed E-state index contributed by atoms with van der Waals surface area (Å²) in [6, 6.07) is 0. The molecule has 0 aliphatic carbocycles. The van der Waals surface area contributed by atoms with Crippen LogP contribution in [0.1, 0.15) is 38.5 Å². The summed E-state index contributed by atoms with van der Waals surface area (Å²) in [5.74, 6) is 0. The lowest BCUT2D eigenvalue weighted by Crippen LogP contribution is -2.31. The average Bonchev–Trinajstić information content (AvgIpc) is 2.15. The van der Waals surface area contributed by atoms with E-state index in [1.165, 1.54) is 25.7 Å². The lowest BCUT2D eigenvalue weighted by Gasteiger charge is -2.17. The molecule has 0 saturated carbocycles. The predicted octanol–water partition coefficient (Wildman–Crippen LogP) is 2.32. The first-order valence-electron chi connectivity index (χ1n) is 4.78. The Morgan fingerprint density at radius 2 is 1.33 bits per heavy atom. The Kier molecular flexibility index (Phi) is 3.91. The van der Waals surface area contributed by atoms with Gasteiger partial charge in [0, 0.05) is 13.1 Å². The van der Waals surface area contributed by atoms with Gasteiger partial charge in [0.05, 0.1) is 0 Å². The van der Waals surface area contributed by atoms with Crippen molar-refractivity contribution in [2.75, 3.05) is 13.1 Å². The second-order valence-electron chi connectivity index (χ2n) is 3.39. The predicted molar refractivity (Wildman–Crippen MR) is 47.3 cm³/mol. The molecule has 0 aromatic carbocycles. The van der Waals surface area contributed by atoms with Crippen molar-refractivity contribution in [3.63, 3.8) is 0 Å². The minimum atomic E-state index is -0.753. The van der Waals surface area contributed by atoms with Crippen LogP contribution in [-0.2, 0) is 0 Å². The molecule has 0 spiro atoms. The molecule has 3 heteroatoms. The second kappa shape index (κ2) is 5.01. The van der Waals surface area contributed by atoms with Crippen LogP contribution in [0.15, 0.2) is 0 Å². The molecule has 0 bridgehead atoms. The van der Waals surface area contributed by atoms with Crippen molar-refractivity contribution in [2.24, 2.45) is 0 Å². The highest BCUT2D eigenvalue weighted by atomic mass is 16.4. The fourth-order valence-electron chi connectivity index (χ4n) is 1.62. The Labute approximate surface area is 73.4 Å². The van der Waals surface area contributed by atoms with E-state index in [1.54, 1.807) is 4.90 Å². The van der Waals surface area contributed by atoms with Crippen molar-refractivity contribution in [3.8, 4) is 0 Å². The van der Waals surface area contributed by atoms with Gasteiger partial charge in [0.2, 0.25) is 0 Å². The summed E-state index contributed by atoms with van der Waals surface area (Å²) in [5.41, 5.74) is 0. The van der Waals surface area contributed by atoms with E-state index in [9.17, 15) is 4.79 Å². The van der Waals surface area contributed by atoms with Crippen LogP contribution in [0, 0.1) is 0 Å². The van der Waals surface area contributed by atoms with Crippen LogP contribution >= 0.6 is 0 Å². The molecule has 0 atom stereocenters. The van der Waals surface area contributed by atoms with Crippen LogP contribution in [0.4, 0.5) is 4.79 Å². The summed E-state index contributed by atoms with van der Waals surface area (Å²) >= 11 is 0. The molecule has 12 heavy (non-hydrogen) atoms. The Morgan fingerprint density at radius 3 is 1.75 bits per heavy atom. The van der Waals surface area contributed by atoms with E-state index in [4.69, 9.17) is 5.11 Å². The molecule has 0 aromatic rings. The largest absolute Gasteiger partial charge is 0.465 e. The molecule has 3 nitrogen and oxygen atoms in total. The third-order valence-corrected chi connectivity index (χ3v) is 2.38. The molecule has 1 N–H and O–H groups in total. The van der Waals surface area contributed by atoms with Crippen molar-refractivity contribution in [3.05, 3.63) is 0 Å². The molecule has 0 unspecified atom stereocenters. The zero-order chi connectivity index (χ0) is 8.81.